The van der Waals surface area contributed by atoms with Gasteiger partial charge in [-0.15, -0.1) is 12.4 Å². The second-order valence-electron chi connectivity index (χ2n) is 5.83. The van der Waals surface area contributed by atoms with Crippen molar-refractivity contribution in [2.75, 3.05) is 19.6 Å². The van der Waals surface area contributed by atoms with Crippen molar-refractivity contribution < 1.29 is 8.42 Å². The van der Waals surface area contributed by atoms with Gasteiger partial charge in [0, 0.05) is 18.1 Å². The van der Waals surface area contributed by atoms with Crippen LogP contribution in [-0.2, 0) is 10.0 Å². The van der Waals surface area contributed by atoms with E-state index in [4.69, 9.17) is 0 Å². The van der Waals surface area contributed by atoms with Crippen molar-refractivity contribution in [1.82, 2.24) is 15.0 Å². The highest BCUT2D eigenvalue weighted by molar-refractivity contribution is 7.89. The second kappa shape index (κ2) is 7.57. The molecule has 0 amide bonds. The lowest BCUT2D eigenvalue weighted by atomic mass is 10.1. The summed E-state index contributed by atoms with van der Waals surface area (Å²) in [6.45, 7) is 4.43. The van der Waals surface area contributed by atoms with Crippen molar-refractivity contribution in [3.63, 3.8) is 0 Å². The van der Waals surface area contributed by atoms with Crippen molar-refractivity contribution in [2.24, 2.45) is 5.92 Å². The smallest absolute Gasteiger partial charge is 0.241 e. The molecule has 1 atom stereocenters. The topological polar surface area (TPSA) is 71.1 Å². The summed E-state index contributed by atoms with van der Waals surface area (Å²) in [5, 5.41) is 3.97. The number of nitrogens with one attached hydrogen (secondary N) is 2. The normalized spacial score (nSPS) is 18.0. The van der Waals surface area contributed by atoms with Crippen LogP contribution in [0.4, 0.5) is 0 Å². The molecular weight excluding hydrogens is 334 g/mol. The van der Waals surface area contributed by atoms with E-state index >= 15 is 0 Å². The maximum Gasteiger partial charge on any atom is 0.241 e. The van der Waals surface area contributed by atoms with Gasteiger partial charge in [0.2, 0.25) is 10.0 Å². The quantitative estimate of drug-likeness (QED) is 0.862. The van der Waals surface area contributed by atoms with Crippen LogP contribution in [0.15, 0.2) is 35.4 Å². The van der Waals surface area contributed by atoms with Crippen LogP contribution in [-0.4, -0.2) is 33.0 Å². The highest BCUT2D eigenvalue weighted by Gasteiger charge is 2.20. The monoisotopic (exact) mass is 355 g/mol. The molecule has 1 aromatic carbocycles. The van der Waals surface area contributed by atoms with Gasteiger partial charge in [-0.05, 0) is 62.5 Å². The molecule has 0 aliphatic carbocycles. The molecule has 5 nitrogen and oxygen atoms in total. The van der Waals surface area contributed by atoms with E-state index in [1.54, 1.807) is 18.3 Å². The van der Waals surface area contributed by atoms with Gasteiger partial charge >= 0.3 is 0 Å². The van der Waals surface area contributed by atoms with E-state index in [1.807, 2.05) is 19.1 Å². The molecule has 0 radical (unpaired) electrons. The molecular formula is C16H22ClN3O2S. The number of sulfonamides is 1. The summed E-state index contributed by atoms with van der Waals surface area (Å²) >= 11 is 0. The number of fused-ring (bicyclic) bond motifs is 1. The van der Waals surface area contributed by atoms with E-state index in [0.29, 0.717) is 22.7 Å². The SMILES string of the molecule is Cc1ccc(S(=O)(=O)NCCC2CCNC2)c2cccnc12.Cl. The standard InChI is InChI=1S/C16H21N3O2S.ClH/c1-12-4-5-15(14-3-2-8-18-16(12)14)22(20,21)19-10-7-13-6-9-17-11-13;/h2-5,8,13,17,19H,6-7,9-11H2,1H3;1H. The summed E-state index contributed by atoms with van der Waals surface area (Å²) < 4.78 is 27.9. The molecule has 1 aliphatic heterocycles. The first-order chi connectivity index (χ1) is 10.6. The summed E-state index contributed by atoms with van der Waals surface area (Å²) in [5.74, 6) is 0.569. The van der Waals surface area contributed by atoms with Crippen molar-refractivity contribution >= 4 is 33.3 Å². The Kier molecular flexibility index (Phi) is 5.97. The van der Waals surface area contributed by atoms with E-state index in [0.717, 1.165) is 37.0 Å². The van der Waals surface area contributed by atoms with Crippen molar-refractivity contribution in [3.05, 3.63) is 36.0 Å². The molecule has 3 rings (SSSR count). The molecule has 1 unspecified atom stereocenters. The maximum atomic E-state index is 12.6. The van der Waals surface area contributed by atoms with Crippen LogP contribution >= 0.6 is 12.4 Å². The van der Waals surface area contributed by atoms with E-state index in [-0.39, 0.29) is 12.4 Å². The lowest BCUT2D eigenvalue weighted by Crippen LogP contribution is -2.27. The fraction of sp³-hybridized carbons (Fsp3) is 0.438. The van der Waals surface area contributed by atoms with Gasteiger partial charge < -0.3 is 5.32 Å². The number of rotatable bonds is 5. The average molecular weight is 356 g/mol. The first-order valence-corrected chi connectivity index (χ1v) is 9.11. The van der Waals surface area contributed by atoms with Crippen molar-refractivity contribution in [2.45, 2.75) is 24.7 Å². The third-order valence-corrected chi connectivity index (χ3v) is 5.75. The van der Waals surface area contributed by atoms with Crippen molar-refractivity contribution in [3.8, 4) is 0 Å². The Hall–Kier alpha value is -1.21. The predicted molar refractivity (Wildman–Crippen MR) is 94.5 cm³/mol. The van der Waals surface area contributed by atoms with Gasteiger partial charge in [-0.2, -0.15) is 0 Å². The lowest BCUT2D eigenvalue weighted by Gasteiger charge is -2.12. The predicted octanol–water partition coefficient (Wildman–Crippen LogP) is 2.24. The van der Waals surface area contributed by atoms with Crippen LogP contribution < -0.4 is 10.0 Å². The number of hydrogen-bond acceptors (Lipinski definition) is 4. The zero-order valence-corrected chi connectivity index (χ0v) is 14.7. The Labute approximate surface area is 143 Å². The van der Waals surface area contributed by atoms with Crippen LogP contribution in [0.5, 0.6) is 0 Å². The molecule has 7 heteroatoms. The number of nitrogens with zero attached hydrogens (tertiary/aromatic N) is 1. The molecule has 1 saturated heterocycles. The minimum atomic E-state index is -3.51. The van der Waals surface area contributed by atoms with Crippen LogP contribution in [0.25, 0.3) is 10.9 Å². The molecule has 1 fully saturated rings. The Morgan fingerprint density at radius 1 is 1.35 bits per heavy atom. The zero-order valence-electron chi connectivity index (χ0n) is 13.1. The van der Waals surface area contributed by atoms with Gasteiger partial charge in [-0.3, -0.25) is 4.98 Å². The number of pyridine rings is 1. The molecule has 0 bridgehead atoms. The minimum absolute atomic E-state index is 0. The minimum Gasteiger partial charge on any atom is -0.316 e. The summed E-state index contributed by atoms with van der Waals surface area (Å²) in [7, 11) is -3.51. The Balaban J connectivity index is 0.00000192. The molecule has 1 aliphatic rings. The number of halogens is 1. The molecule has 0 saturated carbocycles. The summed E-state index contributed by atoms with van der Waals surface area (Å²) in [5.41, 5.74) is 1.72. The summed E-state index contributed by atoms with van der Waals surface area (Å²) in [6.07, 6.45) is 3.68. The maximum absolute atomic E-state index is 12.6. The van der Waals surface area contributed by atoms with Crippen LogP contribution in [0.2, 0.25) is 0 Å². The van der Waals surface area contributed by atoms with Crippen molar-refractivity contribution in [1.29, 1.82) is 0 Å². The number of benzene rings is 1. The first kappa shape index (κ1) is 18.1. The Bertz CT molecular complexity index is 774. The number of aromatic nitrogens is 1. The molecule has 0 spiro atoms. The van der Waals surface area contributed by atoms with Crippen LogP contribution in [0, 0.1) is 12.8 Å². The van der Waals surface area contributed by atoms with Gasteiger partial charge in [-0.1, -0.05) is 6.07 Å². The van der Waals surface area contributed by atoms with Crippen LogP contribution in [0.3, 0.4) is 0 Å². The zero-order chi connectivity index (χ0) is 15.6. The summed E-state index contributed by atoms with van der Waals surface area (Å²) in [6, 6.07) is 7.05. The fourth-order valence-corrected chi connectivity index (χ4v) is 4.20. The molecule has 1 aromatic heterocycles. The van der Waals surface area contributed by atoms with E-state index in [1.165, 1.54) is 0 Å². The van der Waals surface area contributed by atoms with E-state index in [9.17, 15) is 8.42 Å². The van der Waals surface area contributed by atoms with Gasteiger partial charge in [0.1, 0.15) is 0 Å². The highest BCUT2D eigenvalue weighted by atomic mass is 35.5. The van der Waals surface area contributed by atoms with Gasteiger partial charge in [-0.25, -0.2) is 13.1 Å². The third kappa shape index (κ3) is 4.01. The Morgan fingerprint density at radius 3 is 2.91 bits per heavy atom. The van der Waals surface area contributed by atoms with Gasteiger partial charge in [0.25, 0.3) is 0 Å². The molecule has 2 N–H and O–H groups in total. The first-order valence-electron chi connectivity index (χ1n) is 7.62. The van der Waals surface area contributed by atoms with Gasteiger partial charge in [0.15, 0.2) is 0 Å². The third-order valence-electron chi connectivity index (χ3n) is 4.23. The van der Waals surface area contributed by atoms with E-state index in [2.05, 4.69) is 15.0 Å². The molecule has 126 valence electrons. The van der Waals surface area contributed by atoms with Gasteiger partial charge in [0.05, 0.1) is 10.4 Å². The second-order valence-corrected chi connectivity index (χ2v) is 7.56. The highest BCUT2D eigenvalue weighted by Crippen LogP contribution is 2.24. The summed E-state index contributed by atoms with van der Waals surface area (Å²) in [4.78, 5) is 4.61. The molecule has 23 heavy (non-hydrogen) atoms. The largest absolute Gasteiger partial charge is 0.316 e. The molecule has 2 aromatic rings. The van der Waals surface area contributed by atoms with Crippen LogP contribution in [0.1, 0.15) is 18.4 Å². The Morgan fingerprint density at radius 2 is 2.17 bits per heavy atom. The fourth-order valence-electron chi connectivity index (χ4n) is 2.96. The molecule has 2 heterocycles. The van der Waals surface area contributed by atoms with E-state index < -0.39 is 10.0 Å². The average Bonchev–Trinajstić information content (AvgIpc) is 3.01. The lowest BCUT2D eigenvalue weighted by molar-refractivity contribution is 0.519. The number of aryl methyl sites for hydroxylation is 1. The number of hydrogen-bond donors (Lipinski definition) is 2.